The first kappa shape index (κ1) is 11.6. The van der Waals surface area contributed by atoms with Crippen molar-refractivity contribution in [1.82, 2.24) is 0 Å². The third-order valence-corrected chi connectivity index (χ3v) is 2.41. The molecule has 0 aliphatic carbocycles. The molecule has 0 bridgehead atoms. The molecule has 0 unspecified atom stereocenters. The van der Waals surface area contributed by atoms with Gasteiger partial charge in [-0.2, -0.15) is 0 Å². The molecule has 0 heterocycles. The minimum absolute atomic E-state index is 0.369. The molecule has 0 atom stereocenters. The van der Waals surface area contributed by atoms with Gasteiger partial charge < -0.3 is 10.5 Å². The van der Waals surface area contributed by atoms with E-state index in [0.29, 0.717) is 10.6 Å². The number of esters is 1. The van der Waals surface area contributed by atoms with Gasteiger partial charge in [-0.15, -0.1) is 0 Å². The lowest BCUT2D eigenvalue weighted by Gasteiger charge is -1.99. The van der Waals surface area contributed by atoms with E-state index >= 15 is 0 Å². The summed E-state index contributed by atoms with van der Waals surface area (Å²) in [5.41, 5.74) is 5.75. The standard InChI is InChI=1S/C10H10FNO2S/c1-14-10(13)4-5-15-9-3-2-7(12)6-8(9)11/h2-6H,12H2,1H3. The monoisotopic (exact) mass is 227 g/mol. The number of anilines is 1. The molecule has 0 aromatic heterocycles. The molecule has 15 heavy (non-hydrogen) atoms. The van der Waals surface area contributed by atoms with Gasteiger partial charge in [-0.05, 0) is 23.6 Å². The zero-order chi connectivity index (χ0) is 11.3. The Hall–Kier alpha value is -1.49. The van der Waals surface area contributed by atoms with Crippen LogP contribution in [0.5, 0.6) is 0 Å². The Morgan fingerprint density at radius 1 is 1.60 bits per heavy atom. The van der Waals surface area contributed by atoms with Crippen molar-refractivity contribution in [3.63, 3.8) is 0 Å². The SMILES string of the molecule is COC(=O)C=CSc1ccc(N)cc1F. The minimum atomic E-state index is -0.474. The number of nitrogen functional groups attached to an aromatic ring is 1. The summed E-state index contributed by atoms with van der Waals surface area (Å²) < 4.78 is 17.6. The lowest BCUT2D eigenvalue weighted by molar-refractivity contribution is -0.134. The molecule has 80 valence electrons. The van der Waals surface area contributed by atoms with Crippen molar-refractivity contribution in [3.05, 3.63) is 35.5 Å². The van der Waals surface area contributed by atoms with Gasteiger partial charge in [0.2, 0.25) is 0 Å². The fourth-order valence-electron chi connectivity index (χ4n) is 0.844. The highest BCUT2D eigenvalue weighted by Crippen LogP contribution is 2.24. The van der Waals surface area contributed by atoms with Crippen molar-refractivity contribution in [2.45, 2.75) is 4.90 Å². The Morgan fingerprint density at radius 3 is 2.93 bits per heavy atom. The van der Waals surface area contributed by atoms with Gasteiger partial charge in [-0.1, -0.05) is 11.8 Å². The average Bonchev–Trinajstić information content (AvgIpc) is 2.21. The van der Waals surface area contributed by atoms with Gasteiger partial charge in [0.05, 0.1) is 7.11 Å². The van der Waals surface area contributed by atoms with Crippen molar-refractivity contribution in [2.75, 3.05) is 12.8 Å². The third-order valence-electron chi connectivity index (χ3n) is 1.56. The number of rotatable bonds is 3. The fraction of sp³-hybridized carbons (Fsp3) is 0.100. The number of nitrogens with two attached hydrogens (primary N) is 1. The van der Waals surface area contributed by atoms with Crippen LogP contribution in [0.1, 0.15) is 0 Å². The number of carbonyl (C=O) groups is 1. The third kappa shape index (κ3) is 3.63. The van der Waals surface area contributed by atoms with Crippen LogP contribution < -0.4 is 5.73 Å². The van der Waals surface area contributed by atoms with Crippen LogP contribution in [0.3, 0.4) is 0 Å². The number of carbonyl (C=O) groups excluding carboxylic acids is 1. The number of hydrogen-bond donors (Lipinski definition) is 1. The van der Waals surface area contributed by atoms with Gasteiger partial charge in [-0.25, -0.2) is 9.18 Å². The molecule has 2 N–H and O–H groups in total. The lowest BCUT2D eigenvalue weighted by atomic mass is 10.3. The highest BCUT2D eigenvalue weighted by molar-refractivity contribution is 8.02. The minimum Gasteiger partial charge on any atom is -0.466 e. The van der Waals surface area contributed by atoms with E-state index in [9.17, 15) is 9.18 Å². The molecule has 0 amide bonds. The van der Waals surface area contributed by atoms with Gasteiger partial charge >= 0.3 is 5.97 Å². The summed E-state index contributed by atoms with van der Waals surface area (Å²) in [6.45, 7) is 0. The first-order chi connectivity index (χ1) is 7.13. The predicted octanol–water partition coefficient (Wildman–Crippen LogP) is 2.19. The van der Waals surface area contributed by atoms with Crippen LogP contribution >= 0.6 is 11.8 Å². The van der Waals surface area contributed by atoms with E-state index in [2.05, 4.69) is 4.74 Å². The molecule has 1 aromatic carbocycles. The number of halogens is 1. The van der Waals surface area contributed by atoms with Gasteiger partial charge in [0.1, 0.15) is 5.82 Å². The molecule has 1 rings (SSSR count). The summed E-state index contributed by atoms with van der Waals surface area (Å²) in [4.78, 5) is 11.1. The van der Waals surface area contributed by atoms with Crippen LogP contribution in [-0.4, -0.2) is 13.1 Å². The van der Waals surface area contributed by atoms with Crippen molar-refractivity contribution in [1.29, 1.82) is 0 Å². The average molecular weight is 227 g/mol. The van der Waals surface area contributed by atoms with Crippen LogP contribution in [0.25, 0.3) is 0 Å². The number of methoxy groups -OCH3 is 1. The Morgan fingerprint density at radius 2 is 2.33 bits per heavy atom. The van der Waals surface area contributed by atoms with Crippen LogP contribution in [0.4, 0.5) is 10.1 Å². The smallest absolute Gasteiger partial charge is 0.330 e. The molecular weight excluding hydrogens is 217 g/mol. The number of hydrogen-bond acceptors (Lipinski definition) is 4. The van der Waals surface area contributed by atoms with E-state index < -0.39 is 11.8 Å². The van der Waals surface area contributed by atoms with Crippen LogP contribution in [0.15, 0.2) is 34.6 Å². The Labute approximate surface area is 91.1 Å². The molecular formula is C10H10FNO2S. The fourth-order valence-corrected chi connectivity index (χ4v) is 1.49. The van der Waals surface area contributed by atoms with Crippen LogP contribution in [-0.2, 0) is 9.53 Å². The summed E-state index contributed by atoms with van der Waals surface area (Å²) in [6.07, 6.45) is 1.22. The van der Waals surface area contributed by atoms with Crippen molar-refractivity contribution < 1.29 is 13.9 Å². The van der Waals surface area contributed by atoms with E-state index in [1.165, 1.54) is 24.7 Å². The maximum atomic E-state index is 13.2. The summed E-state index contributed by atoms with van der Waals surface area (Å²) >= 11 is 1.09. The molecule has 3 nitrogen and oxygen atoms in total. The second-order valence-corrected chi connectivity index (χ2v) is 3.58. The molecule has 0 aliphatic rings. The van der Waals surface area contributed by atoms with E-state index in [1.54, 1.807) is 12.1 Å². The molecule has 0 saturated heterocycles. The summed E-state index contributed by atoms with van der Waals surface area (Å²) in [5, 5.41) is 1.46. The number of benzene rings is 1. The van der Waals surface area contributed by atoms with Gasteiger partial charge in [-0.3, -0.25) is 0 Å². The van der Waals surface area contributed by atoms with E-state index in [1.807, 2.05) is 0 Å². The van der Waals surface area contributed by atoms with Crippen LogP contribution in [0, 0.1) is 5.82 Å². The normalized spacial score (nSPS) is 10.5. The van der Waals surface area contributed by atoms with Gasteiger partial charge in [0, 0.05) is 16.7 Å². The maximum absolute atomic E-state index is 13.2. The highest BCUT2D eigenvalue weighted by Gasteiger charge is 2.01. The molecule has 0 fully saturated rings. The summed E-state index contributed by atoms with van der Waals surface area (Å²) in [6, 6.07) is 4.38. The van der Waals surface area contributed by atoms with Crippen LogP contribution in [0.2, 0.25) is 0 Å². The summed E-state index contributed by atoms with van der Waals surface area (Å²) in [5.74, 6) is -0.882. The second kappa shape index (κ2) is 5.41. The van der Waals surface area contributed by atoms with Crippen molar-refractivity contribution in [2.24, 2.45) is 0 Å². The molecule has 0 aliphatic heterocycles. The highest BCUT2D eigenvalue weighted by atomic mass is 32.2. The Bertz CT molecular complexity index is 393. The largest absolute Gasteiger partial charge is 0.466 e. The zero-order valence-corrected chi connectivity index (χ0v) is 8.88. The first-order valence-corrected chi connectivity index (χ1v) is 4.97. The molecule has 1 aromatic rings. The summed E-state index contributed by atoms with van der Waals surface area (Å²) in [7, 11) is 1.28. The molecule has 0 spiro atoms. The second-order valence-electron chi connectivity index (χ2n) is 2.63. The van der Waals surface area contributed by atoms with E-state index in [4.69, 9.17) is 5.73 Å². The lowest BCUT2D eigenvalue weighted by Crippen LogP contribution is -1.92. The first-order valence-electron chi connectivity index (χ1n) is 4.09. The van der Waals surface area contributed by atoms with Gasteiger partial charge in [0.15, 0.2) is 0 Å². The molecule has 0 saturated carbocycles. The number of thioether (sulfide) groups is 1. The quantitative estimate of drug-likeness (QED) is 0.372. The predicted molar refractivity (Wildman–Crippen MR) is 57.8 cm³/mol. The van der Waals surface area contributed by atoms with Gasteiger partial charge in [0.25, 0.3) is 0 Å². The molecule has 5 heteroatoms. The maximum Gasteiger partial charge on any atom is 0.330 e. The van der Waals surface area contributed by atoms with E-state index in [-0.39, 0.29) is 0 Å². The number of ether oxygens (including phenoxy) is 1. The Kier molecular flexibility index (Phi) is 4.17. The van der Waals surface area contributed by atoms with Crippen molar-refractivity contribution >= 4 is 23.4 Å². The molecule has 0 radical (unpaired) electrons. The zero-order valence-electron chi connectivity index (χ0n) is 8.07. The van der Waals surface area contributed by atoms with Crippen molar-refractivity contribution in [3.8, 4) is 0 Å². The topological polar surface area (TPSA) is 52.3 Å². The van der Waals surface area contributed by atoms with E-state index in [0.717, 1.165) is 11.8 Å². The Balaban J connectivity index is 2.65.